The number of likely N-dealkylation sites (tertiary alicyclic amines) is 1. The highest BCUT2D eigenvalue weighted by Crippen LogP contribution is 2.29. The number of ether oxygens (including phenoxy) is 2. The number of methoxy groups -OCH3 is 2. The molecule has 3 rings (SSSR count). The van der Waals surface area contributed by atoms with Gasteiger partial charge in [-0.25, -0.2) is 0 Å². The number of carbonyl (C=O) groups is 3. The first-order valence-corrected chi connectivity index (χ1v) is 10.4. The predicted molar refractivity (Wildman–Crippen MR) is 113 cm³/mol. The number of aryl methyl sites for hydroxylation is 1. The molecule has 1 aliphatic heterocycles. The van der Waals surface area contributed by atoms with Crippen molar-refractivity contribution < 1.29 is 23.9 Å². The van der Waals surface area contributed by atoms with Gasteiger partial charge in [0.25, 0.3) is 0 Å². The van der Waals surface area contributed by atoms with Gasteiger partial charge in [-0.15, -0.1) is 0 Å². The van der Waals surface area contributed by atoms with E-state index in [0.29, 0.717) is 30.4 Å². The summed E-state index contributed by atoms with van der Waals surface area (Å²) in [4.78, 5) is 40.1. The molecule has 1 heterocycles. The molecule has 0 atom stereocenters. The topological polar surface area (TPSA) is 72.9 Å². The molecule has 6 heteroatoms. The van der Waals surface area contributed by atoms with Crippen molar-refractivity contribution in [1.29, 1.82) is 0 Å². The highest BCUT2D eigenvalue weighted by atomic mass is 16.5. The van der Waals surface area contributed by atoms with Gasteiger partial charge in [0, 0.05) is 37.1 Å². The number of nitrogens with zero attached hydrogens (tertiary/aromatic N) is 1. The minimum Gasteiger partial charge on any atom is -0.489 e. The number of amides is 1. The fourth-order valence-corrected chi connectivity index (χ4v) is 4.11. The summed E-state index contributed by atoms with van der Waals surface area (Å²) in [5, 5.41) is 0. The summed E-state index contributed by atoms with van der Waals surface area (Å²) in [7, 11) is 2.71. The molecule has 0 N–H and O–H groups in total. The van der Waals surface area contributed by atoms with Gasteiger partial charge >= 0.3 is 0 Å². The van der Waals surface area contributed by atoms with Crippen LogP contribution in [0.2, 0.25) is 0 Å². The first-order chi connectivity index (χ1) is 14.5. The summed E-state index contributed by atoms with van der Waals surface area (Å²) in [6.45, 7) is 3.33. The van der Waals surface area contributed by atoms with Crippen LogP contribution in [0.5, 0.6) is 0 Å². The van der Waals surface area contributed by atoms with Crippen molar-refractivity contribution in [2.24, 2.45) is 0 Å². The first kappa shape index (κ1) is 21.8. The van der Waals surface area contributed by atoms with Gasteiger partial charge in [-0.05, 0) is 43.7 Å². The SMILES string of the molecule is COC1=C(OC)C(=O)C(Cc2ccccc2CCC(=O)N2CCCCC2)=C(C)C1=O. The summed E-state index contributed by atoms with van der Waals surface area (Å²) in [5.74, 6) is -0.587. The fourth-order valence-electron chi connectivity index (χ4n) is 4.11. The van der Waals surface area contributed by atoms with Crippen molar-refractivity contribution in [1.82, 2.24) is 4.90 Å². The Morgan fingerprint density at radius 1 is 0.933 bits per heavy atom. The average molecular weight is 411 g/mol. The lowest BCUT2D eigenvalue weighted by Crippen LogP contribution is -2.35. The minimum absolute atomic E-state index is 0.0517. The number of rotatable bonds is 7. The molecule has 160 valence electrons. The van der Waals surface area contributed by atoms with Crippen molar-refractivity contribution in [2.75, 3.05) is 27.3 Å². The van der Waals surface area contributed by atoms with Crippen molar-refractivity contribution >= 4 is 17.5 Å². The first-order valence-electron chi connectivity index (χ1n) is 10.4. The number of Topliss-reactive ketones (excluding diaryl/α,β-unsaturated/α-hetero) is 2. The quantitative estimate of drug-likeness (QED) is 0.645. The molecule has 1 amide bonds. The third-order valence-electron chi connectivity index (χ3n) is 5.90. The standard InChI is InChI=1S/C24H29NO5/c1-16-19(22(28)24(30-3)23(29-2)21(16)27)15-18-10-6-5-9-17(18)11-12-20(26)25-13-7-4-8-14-25/h5-6,9-10H,4,7-8,11-15H2,1-3H3. The third kappa shape index (κ3) is 4.48. The van der Waals surface area contributed by atoms with Crippen LogP contribution in [0.3, 0.4) is 0 Å². The predicted octanol–water partition coefficient (Wildman–Crippen LogP) is 3.15. The van der Waals surface area contributed by atoms with Gasteiger partial charge in [-0.1, -0.05) is 24.3 Å². The molecule has 1 aromatic carbocycles. The zero-order valence-electron chi connectivity index (χ0n) is 18.0. The molecule has 1 saturated heterocycles. The molecule has 1 aliphatic carbocycles. The Bertz CT molecular complexity index is 906. The molecule has 0 radical (unpaired) electrons. The Kier molecular flexibility index (Phi) is 7.08. The zero-order valence-corrected chi connectivity index (χ0v) is 18.0. The van der Waals surface area contributed by atoms with Crippen LogP contribution in [0.4, 0.5) is 0 Å². The second-order valence-electron chi connectivity index (χ2n) is 7.72. The van der Waals surface area contributed by atoms with Crippen molar-refractivity contribution in [3.05, 3.63) is 58.1 Å². The average Bonchev–Trinajstić information content (AvgIpc) is 2.78. The molecule has 1 fully saturated rings. The Morgan fingerprint density at radius 2 is 1.53 bits per heavy atom. The molecular weight excluding hydrogens is 382 g/mol. The van der Waals surface area contributed by atoms with Crippen LogP contribution in [-0.2, 0) is 36.7 Å². The molecule has 30 heavy (non-hydrogen) atoms. The maximum Gasteiger partial charge on any atom is 0.228 e. The van der Waals surface area contributed by atoms with Gasteiger partial charge in [0.1, 0.15) is 0 Å². The lowest BCUT2D eigenvalue weighted by atomic mass is 9.87. The number of piperidine rings is 1. The van der Waals surface area contributed by atoms with Crippen LogP contribution < -0.4 is 0 Å². The molecule has 0 bridgehead atoms. The lowest BCUT2D eigenvalue weighted by molar-refractivity contribution is -0.132. The molecule has 0 spiro atoms. The van der Waals surface area contributed by atoms with Crippen LogP contribution in [0, 0.1) is 0 Å². The summed E-state index contributed by atoms with van der Waals surface area (Å²) in [6, 6.07) is 7.77. The van der Waals surface area contributed by atoms with Crippen LogP contribution in [0.1, 0.15) is 43.7 Å². The van der Waals surface area contributed by atoms with E-state index in [1.807, 2.05) is 29.2 Å². The number of ketones is 2. The van der Waals surface area contributed by atoms with E-state index in [4.69, 9.17) is 9.47 Å². The molecule has 0 aromatic heterocycles. The molecule has 1 aromatic rings. The second kappa shape index (κ2) is 9.74. The van der Waals surface area contributed by atoms with Crippen LogP contribution >= 0.6 is 0 Å². The van der Waals surface area contributed by atoms with E-state index in [1.54, 1.807) is 6.92 Å². The highest BCUT2D eigenvalue weighted by Gasteiger charge is 2.34. The normalized spacial score (nSPS) is 17.5. The molecule has 0 saturated carbocycles. The smallest absolute Gasteiger partial charge is 0.228 e. The van der Waals surface area contributed by atoms with Gasteiger partial charge in [-0.2, -0.15) is 0 Å². The summed E-state index contributed by atoms with van der Waals surface area (Å²) in [6.07, 6.45) is 4.70. The number of hydrogen-bond acceptors (Lipinski definition) is 5. The van der Waals surface area contributed by atoms with Crippen LogP contribution in [0.25, 0.3) is 0 Å². The zero-order chi connectivity index (χ0) is 21.7. The van der Waals surface area contributed by atoms with Crippen LogP contribution in [0.15, 0.2) is 46.9 Å². The number of hydrogen-bond donors (Lipinski definition) is 0. The largest absolute Gasteiger partial charge is 0.489 e. The van der Waals surface area contributed by atoms with Crippen molar-refractivity contribution in [3.8, 4) is 0 Å². The second-order valence-corrected chi connectivity index (χ2v) is 7.72. The van der Waals surface area contributed by atoms with Gasteiger partial charge in [0.05, 0.1) is 14.2 Å². The Hall–Kier alpha value is -2.89. The van der Waals surface area contributed by atoms with Gasteiger partial charge < -0.3 is 14.4 Å². The number of carbonyl (C=O) groups excluding carboxylic acids is 3. The maximum atomic E-state index is 12.9. The molecule has 0 unspecified atom stereocenters. The van der Waals surface area contributed by atoms with Crippen molar-refractivity contribution in [2.45, 2.75) is 45.4 Å². The summed E-state index contributed by atoms with van der Waals surface area (Å²) >= 11 is 0. The Labute approximate surface area is 177 Å². The Morgan fingerprint density at radius 3 is 2.17 bits per heavy atom. The maximum absolute atomic E-state index is 12.9. The van der Waals surface area contributed by atoms with E-state index < -0.39 is 0 Å². The Balaban J connectivity index is 1.77. The van der Waals surface area contributed by atoms with Crippen molar-refractivity contribution in [3.63, 3.8) is 0 Å². The fraction of sp³-hybridized carbons (Fsp3) is 0.458. The highest BCUT2D eigenvalue weighted by molar-refractivity contribution is 6.23. The van der Waals surface area contributed by atoms with E-state index in [0.717, 1.165) is 37.1 Å². The summed E-state index contributed by atoms with van der Waals surface area (Å²) in [5.41, 5.74) is 2.74. The molecule has 6 nitrogen and oxygen atoms in total. The summed E-state index contributed by atoms with van der Waals surface area (Å²) < 4.78 is 10.3. The monoisotopic (exact) mass is 411 g/mol. The molecule has 2 aliphatic rings. The van der Waals surface area contributed by atoms with E-state index in [-0.39, 0.29) is 29.0 Å². The number of allylic oxidation sites excluding steroid dienone is 2. The minimum atomic E-state index is -0.332. The lowest BCUT2D eigenvalue weighted by Gasteiger charge is -2.27. The number of benzene rings is 1. The van der Waals surface area contributed by atoms with Gasteiger partial charge in [0.15, 0.2) is 0 Å². The third-order valence-corrected chi connectivity index (χ3v) is 5.90. The van der Waals surface area contributed by atoms with Gasteiger partial charge in [0.2, 0.25) is 29.0 Å². The van der Waals surface area contributed by atoms with Gasteiger partial charge in [-0.3, -0.25) is 14.4 Å². The molecular formula is C24H29NO5. The van der Waals surface area contributed by atoms with E-state index in [2.05, 4.69) is 0 Å². The van der Waals surface area contributed by atoms with E-state index in [1.165, 1.54) is 20.6 Å². The van der Waals surface area contributed by atoms with E-state index >= 15 is 0 Å². The van der Waals surface area contributed by atoms with E-state index in [9.17, 15) is 14.4 Å². The van der Waals surface area contributed by atoms with Crippen LogP contribution in [-0.4, -0.2) is 49.7 Å².